The van der Waals surface area contributed by atoms with Crippen molar-refractivity contribution in [3.05, 3.63) is 94.8 Å². The zero-order valence-electron chi connectivity index (χ0n) is 19.3. The van der Waals surface area contributed by atoms with Gasteiger partial charge in [0, 0.05) is 16.5 Å². The quantitative estimate of drug-likeness (QED) is 0.284. The molecule has 1 aliphatic carbocycles. The van der Waals surface area contributed by atoms with Crippen molar-refractivity contribution in [1.82, 2.24) is 0 Å². The fourth-order valence-electron chi connectivity index (χ4n) is 4.90. The third-order valence-electron chi connectivity index (χ3n) is 6.99. The number of halogens is 1. The van der Waals surface area contributed by atoms with Gasteiger partial charge in [-0.05, 0) is 98.1 Å². The molecule has 0 bridgehead atoms. The van der Waals surface area contributed by atoms with E-state index in [2.05, 4.69) is 68.2 Å². The molecule has 0 N–H and O–H groups in total. The molecule has 1 fully saturated rings. The van der Waals surface area contributed by atoms with Crippen molar-refractivity contribution in [1.29, 1.82) is 0 Å². The third-order valence-corrected chi connectivity index (χ3v) is 6.99. The van der Waals surface area contributed by atoms with Crippen LogP contribution in [0.15, 0.2) is 66.7 Å². The van der Waals surface area contributed by atoms with Gasteiger partial charge in [0.15, 0.2) is 0 Å². The lowest BCUT2D eigenvalue weighted by Crippen LogP contribution is -2.13. The minimum Gasteiger partial charge on any atom is -0.206 e. The maximum atomic E-state index is 15.3. The summed E-state index contributed by atoms with van der Waals surface area (Å²) in [6, 6.07) is 18.4. The molecule has 164 valence electrons. The van der Waals surface area contributed by atoms with Crippen LogP contribution in [0.1, 0.15) is 80.5 Å². The van der Waals surface area contributed by atoms with E-state index in [0.29, 0.717) is 5.92 Å². The maximum absolute atomic E-state index is 15.3. The number of benzene rings is 3. The van der Waals surface area contributed by atoms with Gasteiger partial charge in [0.05, 0.1) is 0 Å². The zero-order chi connectivity index (χ0) is 22.3. The predicted molar refractivity (Wildman–Crippen MR) is 134 cm³/mol. The fraction of sp³-hybridized carbons (Fsp3) is 0.355. The first-order chi connectivity index (χ1) is 15.7. The monoisotopic (exact) mass is 424 g/mol. The van der Waals surface area contributed by atoms with Gasteiger partial charge < -0.3 is 0 Å². The van der Waals surface area contributed by atoms with Crippen molar-refractivity contribution in [2.24, 2.45) is 5.92 Å². The second-order valence-electron chi connectivity index (χ2n) is 9.09. The van der Waals surface area contributed by atoms with Crippen molar-refractivity contribution >= 4 is 10.8 Å². The van der Waals surface area contributed by atoms with Gasteiger partial charge in [0.1, 0.15) is 5.82 Å². The summed E-state index contributed by atoms with van der Waals surface area (Å²) in [7, 11) is 0. The Balaban J connectivity index is 1.49. The van der Waals surface area contributed by atoms with Crippen molar-refractivity contribution in [2.75, 3.05) is 0 Å². The van der Waals surface area contributed by atoms with E-state index >= 15 is 4.39 Å². The fourth-order valence-corrected chi connectivity index (χ4v) is 4.90. The molecule has 3 aromatic rings. The summed E-state index contributed by atoms with van der Waals surface area (Å²) in [4.78, 5) is 0. The smallest absolute Gasteiger partial charge is 0.134 e. The third kappa shape index (κ3) is 5.31. The van der Waals surface area contributed by atoms with Crippen LogP contribution in [0.3, 0.4) is 0 Å². The minimum absolute atomic E-state index is 0.0320. The minimum atomic E-state index is -0.0320. The van der Waals surface area contributed by atoms with E-state index < -0.39 is 0 Å². The Hall–Kier alpha value is -2.85. The van der Waals surface area contributed by atoms with E-state index in [1.54, 1.807) is 0 Å². The lowest BCUT2D eigenvalue weighted by atomic mass is 9.77. The Morgan fingerprint density at radius 1 is 0.906 bits per heavy atom. The van der Waals surface area contributed by atoms with Crippen molar-refractivity contribution < 1.29 is 4.39 Å². The van der Waals surface area contributed by atoms with Crippen LogP contribution in [0.25, 0.3) is 10.8 Å². The Morgan fingerprint density at radius 2 is 1.62 bits per heavy atom. The molecule has 0 radical (unpaired) electrons. The molecule has 1 saturated carbocycles. The lowest BCUT2D eigenvalue weighted by molar-refractivity contribution is 0.315. The Kier molecular flexibility index (Phi) is 7.43. The number of rotatable bonds is 5. The average molecular weight is 425 g/mol. The second kappa shape index (κ2) is 10.6. The van der Waals surface area contributed by atoms with Crippen LogP contribution in [0.5, 0.6) is 0 Å². The maximum Gasteiger partial charge on any atom is 0.134 e. The van der Waals surface area contributed by atoms with E-state index in [0.717, 1.165) is 59.1 Å². The topological polar surface area (TPSA) is 0 Å². The van der Waals surface area contributed by atoms with Crippen molar-refractivity contribution in [3.8, 4) is 11.8 Å². The highest BCUT2D eigenvalue weighted by Crippen LogP contribution is 2.39. The molecule has 4 rings (SSSR count). The van der Waals surface area contributed by atoms with Gasteiger partial charge in [-0.25, -0.2) is 4.39 Å². The number of fused-ring (bicyclic) bond motifs is 1. The van der Waals surface area contributed by atoms with Crippen molar-refractivity contribution in [3.63, 3.8) is 0 Å². The van der Waals surface area contributed by atoms with Gasteiger partial charge in [-0.3, -0.25) is 0 Å². The second-order valence-corrected chi connectivity index (χ2v) is 9.09. The van der Waals surface area contributed by atoms with E-state index in [1.165, 1.54) is 24.8 Å². The first-order valence-corrected chi connectivity index (χ1v) is 12.1. The molecule has 0 heterocycles. The van der Waals surface area contributed by atoms with Gasteiger partial charge in [-0.2, -0.15) is 0 Å². The van der Waals surface area contributed by atoms with Gasteiger partial charge in [-0.1, -0.05) is 67.7 Å². The van der Waals surface area contributed by atoms with E-state index in [-0.39, 0.29) is 5.82 Å². The largest absolute Gasteiger partial charge is 0.206 e. The molecule has 0 saturated heterocycles. The predicted octanol–water partition coefficient (Wildman–Crippen LogP) is 8.57. The number of allylic oxidation sites excluding steroid dienone is 2. The van der Waals surface area contributed by atoms with Crippen LogP contribution < -0.4 is 0 Å². The van der Waals surface area contributed by atoms with Crippen LogP contribution >= 0.6 is 0 Å². The van der Waals surface area contributed by atoms with Gasteiger partial charge >= 0.3 is 0 Å². The van der Waals surface area contributed by atoms with Gasteiger partial charge in [0.25, 0.3) is 0 Å². The number of aryl methyl sites for hydroxylation is 1. The normalized spacial score (nSPS) is 18.6. The molecule has 1 heteroatoms. The average Bonchev–Trinajstić information content (AvgIpc) is 2.84. The van der Waals surface area contributed by atoms with Crippen LogP contribution in [-0.2, 0) is 6.42 Å². The van der Waals surface area contributed by atoms with Crippen LogP contribution in [0.2, 0.25) is 0 Å². The molecular weight excluding hydrogens is 391 g/mol. The summed E-state index contributed by atoms with van der Waals surface area (Å²) < 4.78 is 15.3. The lowest BCUT2D eigenvalue weighted by Gasteiger charge is -2.28. The standard InChI is InChI=1S/C31H33F/c1-3-5-6-7-24-8-10-25(11-9-24)12-13-26-16-20-30-28(22-26)19-21-29(31(30)32)27-17-14-23(4-2)15-18-27/h3,5,8-11,16,19-23,27H,4,6-7,14-15,17-18H2,1-2H3/b5-3+. The molecule has 0 amide bonds. The molecule has 0 spiro atoms. The Bertz CT molecular complexity index is 1130. The Labute approximate surface area is 192 Å². The SMILES string of the molecule is C/C=C/CCc1ccc(C#Cc2ccc3c(F)c(C4CCC(CC)CC4)ccc3c2)cc1. The van der Waals surface area contributed by atoms with Gasteiger partial charge in [-0.15, -0.1) is 0 Å². The highest BCUT2D eigenvalue weighted by molar-refractivity contribution is 5.85. The molecule has 0 aromatic heterocycles. The van der Waals surface area contributed by atoms with E-state index in [4.69, 9.17) is 0 Å². The molecule has 0 aliphatic heterocycles. The highest BCUT2D eigenvalue weighted by atomic mass is 19.1. The van der Waals surface area contributed by atoms with Gasteiger partial charge in [0.2, 0.25) is 0 Å². The molecule has 0 unspecified atom stereocenters. The van der Waals surface area contributed by atoms with E-state index in [1.807, 2.05) is 24.3 Å². The van der Waals surface area contributed by atoms with E-state index in [9.17, 15) is 0 Å². The molecule has 0 nitrogen and oxygen atoms in total. The number of hydrogen-bond donors (Lipinski definition) is 0. The zero-order valence-corrected chi connectivity index (χ0v) is 19.3. The van der Waals surface area contributed by atoms with Crippen LogP contribution in [0.4, 0.5) is 4.39 Å². The number of hydrogen-bond acceptors (Lipinski definition) is 0. The summed E-state index contributed by atoms with van der Waals surface area (Å²) in [6.45, 7) is 4.32. The van der Waals surface area contributed by atoms with Crippen LogP contribution in [0, 0.1) is 23.6 Å². The van der Waals surface area contributed by atoms with Crippen LogP contribution in [-0.4, -0.2) is 0 Å². The molecular formula is C31H33F. The summed E-state index contributed by atoms with van der Waals surface area (Å²) in [5, 5.41) is 1.65. The summed E-state index contributed by atoms with van der Waals surface area (Å²) in [5.74, 6) is 7.66. The first kappa shape index (κ1) is 22.3. The molecule has 0 atom stereocenters. The summed E-state index contributed by atoms with van der Waals surface area (Å²) >= 11 is 0. The summed E-state index contributed by atoms with van der Waals surface area (Å²) in [6.07, 6.45) is 12.3. The first-order valence-electron chi connectivity index (χ1n) is 12.1. The molecule has 32 heavy (non-hydrogen) atoms. The van der Waals surface area contributed by atoms with Crippen molar-refractivity contribution in [2.45, 2.75) is 64.7 Å². The summed E-state index contributed by atoms with van der Waals surface area (Å²) in [5.41, 5.74) is 4.16. The molecule has 1 aliphatic rings. The Morgan fingerprint density at radius 3 is 2.34 bits per heavy atom. The molecule has 3 aromatic carbocycles. The highest BCUT2D eigenvalue weighted by Gasteiger charge is 2.24.